The summed E-state index contributed by atoms with van der Waals surface area (Å²) in [6.45, 7) is 6.10. The van der Waals surface area contributed by atoms with Crippen LogP contribution < -0.4 is 0 Å². The third-order valence-corrected chi connectivity index (χ3v) is 8.28. The summed E-state index contributed by atoms with van der Waals surface area (Å²) in [4.78, 5) is 19.7. The molecule has 1 fully saturated rings. The number of piperidine rings is 1. The highest BCUT2D eigenvalue weighted by Crippen LogP contribution is 2.27. The smallest absolute Gasteiger partial charge is 0.254 e. The lowest BCUT2D eigenvalue weighted by Gasteiger charge is -2.34. The van der Waals surface area contributed by atoms with Gasteiger partial charge in [-0.25, -0.2) is 8.42 Å². The molecule has 1 saturated heterocycles. The van der Waals surface area contributed by atoms with Gasteiger partial charge in [0.1, 0.15) is 0 Å². The number of pyridine rings is 1. The van der Waals surface area contributed by atoms with Gasteiger partial charge in [-0.2, -0.15) is 4.31 Å². The third-order valence-electron chi connectivity index (χ3n) is 6.45. The Hall–Kier alpha value is -3.03. The van der Waals surface area contributed by atoms with Crippen molar-refractivity contribution in [2.45, 2.75) is 38.1 Å². The summed E-state index contributed by atoms with van der Waals surface area (Å²) < 4.78 is 28.4. The van der Waals surface area contributed by atoms with E-state index in [-0.39, 0.29) is 10.8 Å². The summed E-state index contributed by atoms with van der Waals surface area (Å²) in [6, 6.07) is 20.3. The number of sulfonamides is 1. The van der Waals surface area contributed by atoms with E-state index in [1.165, 1.54) is 6.07 Å². The van der Waals surface area contributed by atoms with Crippen molar-refractivity contribution in [2.75, 3.05) is 19.6 Å². The van der Waals surface area contributed by atoms with Gasteiger partial charge in [0.25, 0.3) is 5.91 Å². The average molecular weight is 492 g/mol. The average Bonchev–Trinajstić information content (AvgIpc) is 2.87. The van der Waals surface area contributed by atoms with Crippen LogP contribution >= 0.6 is 0 Å². The minimum Gasteiger partial charge on any atom is -0.334 e. The van der Waals surface area contributed by atoms with Gasteiger partial charge in [-0.1, -0.05) is 56.3 Å². The van der Waals surface area contributed by atoms with Gasteiger partial charge in [-0.05, 0) is 60.1 Å². The molecule has 184 valence electrons. The molecule has 2 atom stereocenters. The van der Waals surface area contributed by atoms with E-state index in [9.17, 15) is 13.2 Å². The molecule has 0 aliphatic carbocycles. The first kappa shape index (κ1) is 25.1. The van der Waals surface area contributed by atoms with Gasteiger partial charge >= 0.3 is 0 Å². The van der Waals surface area contributed by atoms with Crippen molar-refractivity contribution in [2.24, 2.45) is 11.8 Å². The highest BCUT2D eigenvalue weighted by atomic mass is 32.2. The monoisotopic (exact) mass is 491 g/mol. The Bertz CT molecular complexity index is 1220. The number of carbonyl (C=O) groups is 1. The van der Waals surface area contributed by atoms with Gasteiger partial charge in [0.15, 0.2) is 0 Å². The Balaban J connectivity index is 1.58. The lowest BCUT2D eigenvalue weighted by atomic mass is 9.94. The van der Waals surface area contributed by atoms with E-state index in [4.69, 9.17) is 0 Å². The molecule has 0 saturated carbocycles. The highest BCUT2D eigenvalue weighted by molar-refractivity contribution is 7.89. The zero-order valence-electron chi connectivity index (χ0n) is 20.4. The molecule has 0 radical (unpaired) electrons. The molecule has 0 N–H and O–H groups in total. The number of hydrogen-bond acceptors (Lipinski definition) is 4. The molecule has 35 heavy (non-hydrogen) atoms. The van der Waals surface area contributed by atoms with Crippen LogP contribution in [0.1, 0.15) is 41.8 Å². The van der Waals surface area contributed by atoms with Crippen LogP contribution in [0.15, 0.2) is 84.0 Å². The lowest BCUT2D eigenvalue weighted by molar-refractivity contribution is 0.0744. The van der Waals surface area contributed by atoms with E-state index in [1.807, 2.05) is 42.5 Å². The number of benzene rings is 2. The quantitative estimate of drug-likeness (QED) is 0.461. The second-order valence-corrected chi connectivity index (χ2v) is 11.6. The maximum absolute atomic E-state index is 13.6. The Morgan fingerprint density at radius 1 is 0.971 bits per heavy atom. The molecule has 0 spiro atoms. The molecule has 1 aliphatic heterocycles. The number of amides is 1. The van der Waals surface area contributed by atoms with E-state index in [2.05, 4.69) is 18.8 Å². The Morgan fingerprint density at radius 2 is 1.69 bits per heavy atom. The minimum atomic E-state index is -3.67. The molecule has 2 unspecified atom stereocenters. The molecule has 0 bridgehead atoms. The zero-order chi connectivity index (χ0) is 24.8. The van der Waals surface area contributed by atoms with Crippen molar-refractivity contribution >= 4 is 15.9 Å². The fraction of sp³-hybridized carbons (Fsp3) is 0.357. The van der Waals surface area contributed by atoms with Crippen LogP contribution in [0.5, 0.6) is 0 Å². The van der Waals surface area contributed by atoms with Crippen molar-refractivity contribution in [3.8, 4) is 0 Å². The van der Waals surface area contributed by atoms with Gasteiger partial charge < -0.3 is 4.90 Å². The number of rotatable bonds is 8. The van der Waals surface area contributed by atoms with Crippen molar-refractivity contribution < 1.29 is 13.2 Å². The predicted octanol–water partition coefficient (Wildman–Crippen LogP) is 4.63. The molecule has 7 heteroatoms. The Morgan fingerprint density at radius 3 is 2.37 bits per heavy atom. The van der Waals surface area contributed by atoms with E-state index in [0.29, 0.717) is 50.0 Å². The maximum atomic E-state index is 13.6. The SMILES string of the molecule is CC1CC(C)CN(S(=O)(=O)c2cccc(C(=O)N(CCc3ccccc3)Cc3cccnc3)c2)C1. The fourth-order valence-electron chi connectivity index (χ4n) is 4.80. The third kappa shape index (κ3) is 6.35. The molecular weight excluding hydrogens is 458 g/mol. The van der Waals surface area contributed by atoms with Crippen molar-refractivity contribution in [1.29, 1.82) is 0 Å². The summed E-state index contributed by atoms with van der Waals surface area (Å²) in [7, 11) is -3.67. The van der Waals surface area contributed by atoms with Gasteiger partial charge in [0.2, 0.25) is 10.0 Å². The van der Waals surface area contributed by atoms with Crippen LogP contribution in [-0.4, -0.2) is 48.1 Å². The Kier molecular flexibility index (Phi) is 7.98. The van der Waals surface area contributed by atoms with Crippen LogP contribution in [0.25, 0.3) is 0 Å². The molecular formula is C28H33N3O3S. The topological polar surface area (TPSA) is 70.6 Å². The summed E-state index contributed by atoms with van der Waals surface area (Å²) in [5.74, 6) is 0.430. The molecule has 6 nitrogen and oxygen atoms in total. The number of nitrogens with zero attached hydrogens (tertiary/aromatic N) is 3. The summed E-state index contributed by atoms with van der Waals surface area (Å²) in [6.07, 6.45) is 5.18. The van der Waals surface area contributed by atoms with Crippen LogP contribution in [0.3, 0.4) is 0 Å². The number of carbonyl (C=O) groups excluding carboxylic acids is 1. The van der Waals surface area contributed by atoms with Gasteiger partial charge in [0, 0.05) is 44.1 Å². The normalized spacial score (nSPS) is 18.8. The van der Waals surface area contributed by atoms with Crippen molar-refractivity contribution in [3.63, 3.8) is 0 Å². The summed E-state index contributed by atoms with van der Waals surface area (Å²) >= 11 is 0. The molecule has 3 aromatic rings. The maximum Gasteiger partial charge on any atom is 0.254 e. The molecule has 4 rings (SSSR count). The first-order chi connectivity index (χ1) is 16.8. The first-order valence-electron chi connectivity index (χ1n) is 12.1. The number of hydrogen-bond donors (Lipinski definition) is 0. The fourth-order valence-corrected chi connectivity index (χ4v) is 6.52. The largest absolute Gasteiger partial charge is 0.334 e. The minimum absolute atomic E-state index is 0.175. The number of aromatic nitrogens is 1. The first-order valence-corrected chi connectivity index (χ1v) is 13.6. The van der Waals surface area contributed by atoms with Gasteiger partial charge in [0.05, 0.1) is 4.90 Å². The van der Waals surface area contributed by atoms with E-state index < -0.39 is 10.0 Å². The van der Waals surface area contributed by atoms with Crippen LogP contribution in [0.4, 0.5) is 0 Å². The summed E-state index contributed by atoms with van der Waals surface area (Å²) in [5.41, 5.74) is 2.44. The zero-order valence-corrected chi connectivity index (χ0v) is 21.2. The second kappa shape index (κ2) is 11.1. The van der Waals surface area contributed by atoms with Crippen LogP contribution in [-0.2, 0) is 23.0 Å². The molecule has 1 aliphatic rings. The Labute approximate surface area is 208 Å². The van der Waals surface area contributed by atoms with E-state index in [1.54, 1.807) is 39.8 Å². The van der Waals surface area contributed by atoms with Gasteiger partial charge in [-0.15, -0.1) is 0 Å². The predicted molar refractivity (Wildman–Crippen MR) is 137 cm³/mol. The van der Waals surface area contributed by atoms with E-state index >= 15 is 0 Å². The molecule has 2 heterocycles. The molecule has 1 amide bonds. The van der Waals surface area contributed by atoms with E-state index in [0.717, 1.165) is 17.5 Å². The van der Waals surface area contributed by atoms with Gasteiger partial charge in [-0.3, -0.25) is 9.78 Å². The standard InChI is InChI=1S/C28H33N3O3S/c1-22-16-23(2)20-31(19-22)35(33,34)27-12-6-11-26(17-27)28(32)30(21-25-10-7-14-29-18-25)15-13-24-8-4-3-5-9-24/h3-12,14,17-18,22-23H,13,15-16,19-21H2,1-2H3. The van der Waals surface area contributed by atoms with Crippen molar-refractivity contribution in [1.82, 2.24) is 14.2 Å². The van der Waals surface area contributed by atoms with Crippen LogP contribution in [0.2, 0.25) is 0 Å². The highest BCUT2D eigenvalue weighted by Gasteiger charge is 2.32. The molecule has 2 aromatic carbocycles. The second-order valence-electron chi connectivity index (χ2n) is 9.62. The summed E-state index contributed by atoms with van der Waals surface area (Å²) in [5, 5.41) is 0. The van der Waals surface area contributed by atoms with Crippen molar-refractivity contribution in [3.05, 3.63) is 95.8 Å². The lowest BCUT2D eigenvalue weighted by Crippen LogP contribution is -2.42. The van der Waals surface area contributed by atoms with Crippen LogP contribution in [0, 0.1) is 11.8 Å². The molecule has 1 aromatic heterocycles.